The van der Waals surface area contributed by atoms with Crippen LogP contribution in [0.5, 0.6) is 0 Å². The number of rotatable bonds is 44. The molecule has 0 saturated heterocycles. The summed E-state index contributed by atoms with van der Waals surface area (Å²) in [7, 11) is 0. The second-order valence-electron chi connectivity index (χ2n) is 16.5. The van der Waals surface area contributed by atoms with Gasteiger partial charge in [0.2, 0.25) is 0 Å². The molecule has 0 bridgehead atoms. The van der Waals surface area contributed by atoms with Crippen LogP contribution in [0.1, 0.15) is 213 Å². The van der Waals surface area contributed by atoms with Crippen LogP contribution < -0.4 is 0 Å². The maximum Gasteiger partial charge on any atom is 0.306 e. The van der Waals surface area contributed by atoms with Crippen molar-refractivity contribution in [3.05, 3.63) is 109 Å². The molecule has 1 unspecified atom stereocenters. The van der Waals surface area contributed by atoms with Gasteiger partial charge in [-0.05, 0) is 83.5 Å². The normalized spacial score (nSPS) is 13.0. The first-order valence-corrected chi connectivity index (χ1v) is 25.5. The molecule has 1 atom stereocenters. The van der Waals surface area contributed by atoms with E-state index in [0.717, 1.165) is 135 Å². The highest BCUT2D eigenvalue weighted by Crippen LogP contribution is 2.13. The molecule has 0 aliphatic rings. The van der Waals surface area contributed by atoms with Crippen LogP contribution in [0.3, 0.4) is 0 Å². The van der Waals surface area contributed by atoms with E-state index < -0.39 is 6.10 Å². The standard InChI is InChI=1S/C57H92O6/c1-4-7-10-13-16-19-22-25-28-31-34-37-40-43-46-49-55(58)61-52-54(63-57(60)51-48-45-42-39-36-33-30-27-24-21-18-15-12-9-6-3)53-62-56(59)50-47-44-41-38-35-32-29-26-23-20-17-14-11-8-5-2/h13-25,27-30,32,54H,4-12,26,31,33-53H2,1-3H3/b16-13-,17-14+,18-15-,22-19+,23-20-,24-21+,28-25-,30-27-,32-29-. The van der Waals surface area contributed by atoms with E-state index in [0.29, 0.717) is 19.3 Å². The summed E-state index contributed by atoms with van der Waals surface area (Å²) >= 11 is 0. The average Bonchev–Trinajstić information content (AvgIpc) is 3.28. The second kappa shape index (κ2) is 50.7. The van der Waals surface area contributed by atoms with Gasteiger partial charge in [0.1, 0.15) is 13.2 Å². The quantitative estimate of drug-likeness (QED) is 0.0199. The lowest BCUT2D eigenvalue weighted by molar-refractivity contribution is -0.167. The summed E-state index contributed by atoms with van der Waals surface area (Å²) in [6.45, 7) is 6.41. The zero-order valence-electron chi connectivity index (χ0n) is 40.5. The Morgan fingerprint density at radius 2 is 0.651 bits per heavy atom. The summed E-state index contributed by atoms with van der Waals surface area (Å²) in [4.78, 5) is 38.0. The van der Waals surface area contributed by atoms with Gasteiger partial charge >= 0.3 is 17.9 Å². The highest BCUT2D eigenvalue weighted by Gasteiger charge is 2.19. The molecule has 0 amide bonds. The van der Waals surface area contributed by atoms with Crippen LogP contribution in [0.15, 0.2) is 109 Å². The summed E-state index contributed by atoms with van der Waals surface area (Å²) in [5, 5.41) is 0. The SMILES string of the molecule is CCCC\C=C/C=C/C=C\CCCCCCCC(=O)OCC(COC(=O)CCCCCC/C=C\C/C=C\C=C\CCCC)OC(=O)CCCCCCC\C=C/C=C/C=C\CCCC. The summed E-state index contributed by atoms with van der Waals surface area (Å²) < 4.78 is 16.7. The molecular formula is C57H92O6. The molecule has 0 aromatic rings. The second-order valence-corrected chi connectivity index (χ2v) is 16.5. The van der Waals surface area contributed by atoms with Crippen LogP contribution in [0.2, 0.25) is 0 Å². The zero-order valence-corrected chi connectivity index (χ0v) is 40.5. The summed E-state index contributed by atoms with van der Waals surface area (Å²) in [6, 6.07) is 0. The average molecular weight is 873 g/mol. The predicted molar refractivity (Wildman–Crippen MR) is 270 cm³/mol. The van der Waals surface area contributed by atoms with Crippen molar-refractivity contribution in [2.45, 2.75) is 219 Å². The lowest BCUT2D eigenvalue weighted by Crippen LogP contribution is -2.30. The number of carbonyl (C=O) groups excluding carboxylic acids is 3. The molecule has 0 saturated carbocycles. The lowest BCUT2D eigenvalue weighted by Gasteiger charge is -2.18. The van der Waals surface area contributed by atoms with Gasteiger partial charge in [-0.1, -0.05) is 220 Å². The van der Waals surface area contributed by atoms with Crippen LogP contribution in [0, 0.1) is 0 Å². The van der Waals surface area contributed by atoms with Crippen molar-refractivity contribution in [2.75, 3.05) is 13.2 Å². The van der Waals surface area contributed by atoms with Crippen molar-refractivity contribution < 1.29 is 28.6 Å². The van der Waals surface area contributed by atoms with E-state index in [1.165, 1.54) is 38.5 Å². The van der Waals surface area contributed by atoms with Gasteiger partial charge < -0.3 is 14.2 Å². The fraction of sp³-hybridized carbons (Fsp3) is 0.632. The highest BCUT2D eigenvalue weighted by molar-refractivity contribution is 5.71. The van der Waals surface area contributed by atoms with Crippen LogP contribution in [-0.2, 0) is 28.6 Å². The Labute approximate surface area is 387 Å². The first kappa shape index (κ1) is 59.1. The number of ether oxygens (including phenoxy) is 3. The maximum absolute atomic E-state index is 12.8. The Morgan fingerprint density at radius 1 is 0.333 bits per heavy atom. The molecule has 0 radical (unpaired) electrons. The number of esters is 3. The van der Waals surface area contributed by atoms with Crippen molar-refractivity contribution in [3.63, 3.8) is 0 Å². The minimum atomic E-state index is -0.809. The van der Waals surface area contributed by atoms with Crippen molar-refractivity contribution >= 4 is 17.9 Å². The van der Waals surface area contributed by atoms with Gasteiger partial charge in [0.05, 0.1) is 0 Å². The fourth-order valence-corrected chi connectivity index (χ4v) is 6.43. The summed E-state index contributed by atoms with van der Waals surface area (Å²) in [6.07, 6.45) is 67.7. The van der Waals surface area contributed by atoms with Crippen molar-refractivity contribution in [1.29, 1.82) is 0 Å². The molecular weight excluding hydrogens is 781 g/mol. The fourth-order valence-electron chi connectivity index (χ4n) is 6.43. The van der Waals surface area contributed by atoms with E-state index in [9.17, 15) is 14.4 Å². The third-order valence-electron chi connectivity index (χ3n) is 10.4. The molecule has 0 aromatic heterocycles. The van der Waals surface area contributed by atoms with E-state index in [4.69, 9.17) is 14.2 Å². The Kier molecular flexibility index (Phi) is 47.5. The van der Waals surface area contributed by atoms with Crippen LogP contribution >= 0.6 is 0 Å². The number of allylic oxidation sites excluding steroid dienone is 18. The third-order valence-corrected chi connectivity index (χ3v) is 10.4. The number of hydrogen-bond donors (Lipinski definition) is 0. The Balaban J connectivity index is 4.53. The molecule has 63 heavy (non-hydrogen) atoms. The molecule has 0 N–H and O–H groups in total. The smallest absolute Gasteiger partial charge is 0.306 e. The van der Waals surface area contributed by atoms with E-state index in [-0.39, 0.29) is 31.1 Å². The molecule has 6 nitrogen and oxygen atoms in total. The van der Waals surface area contributed by atoms with E-state index in [1.807, 2.05) is 0 Å². The van der Waals surface area contributed by atoms with Gasteiger partial charge in [0.25, 0.3) is 0 Å². The van der Waals surface area contributed by atoms with Gasteiger partial charge in [0.15, 0.2) is 6.10 Å². The number of unbranched alkanes of at least 4 members (excludes halogenated alkanes) is 20. The molecule has 0 aliphatic carbocycles. The van der Waals surface area contributed by atoms with Crippen LogP contribution in [0.4, 0.5) is 0 Å². The Morgan fingerprint density at radius 3 is 1.06 bits per heavy atom. The lowest BCUT2D eigenvalue weighted by atomic mass is 10.1. The predicted octanol–water partition coefficient (Wildman–Crippen LogP) is 16.8. The molecule has 0 spiro atoms. The van der Waals surface area contributed by atoms with Crippen LogP contribution in [0.25, 0.3) is 0 Å². The minimum absolute atomic E-state index is 0.107. The third kappa shape index (κ3) is 49.0. The zero-order chi connectivity index (χ0) is 45.8. The topological polar surface area (TPSA) is 78.9 Å². The Bertz CT molecular complexity index is 1330. The Hall–Kier alpha value is -3.93. The first-order valence-electron chi connectivity index (χ1n) is 25.5. The van der Waals surface area contributed by atoms with E-state index in [2.05, 4.69) is 130 Å². The minimum Gasteiger partial charge on any atom is -0.462 e. The van der Waals surface area contributed by atoms with E-state index >= 15 is 0 Å². The van der Waals surface area contributed by atoms with Crippen molar-refractivity contribution in [2.24, 2.45) is 0 Å². The number of carbonyl (C=O) groups is 3. The van der Waals surface area contributed by atoms with E-state index in [1.54, 1.807) is 0 Å². The van der Waals surface area contributed by atoms with Gasteiger partial charge in [-0.15, -0.1) is 0 Å². The molecule has 0 aromatic carbocycles. The molecule has 0 heterocycles. The molecule has 0 rings (SSSR count). The van der Waals surface area contributed by atoms with Crippen molar-refractivity contribution in [3.8, 4) is 0 Å². The molecule has 356 valence electrons. The monoisotopic (exact) mass is 873 g/mol. The first-order chi connectivity index (χ1) is 31.0. The molecule has 0 fully saturated rings. The largest absolute Gasteiger partial charge is 0.462 e. The van der Waals surface area contributed by atoms with Gasteiger partial charge in [0, 0.05) is 19.3 Å². The maximum atomic E-state index is 12.8. The van der Waals surface area contributed by atoms with Crippen LogP contribution in [-0.4, -0.2) is 37.2 Å². The molecule has 6 heteroatoms. The van der Waals surface area contributed by atoms with Gasteiger partial charge in [-0.25, -0.2) is 0 Å². The van der Waals surface area contributed by atoms with Gasteiger partial charge in [-0.3, -0.25) is 14.4 Å². The summed E-state index contributed by atoms with van der Waals surface area (Å²) in [5.74, 6) is -0.975. The van der Waals surface area contributed by atoms with Crippen molar-refractivity contribution in [1.82, 2.24) is 0 Å². The summed E-state index contributed by atoms with van der Waals surface area (Å²) in [5.41, 5.74) is 0. The molecule has 0 aliphatic heterocycles. The van der Waals surface area contributed by atoms with Gasteiger partial charge in [-0.2, -0.15) is 0 Å². The highest BCUT2D eigenvalue weighted by atomic mass is 16.6. The number of hydrogen-bond acceptors (Lipinski definition) is 6.